The molecule has 1 aliphatic rings. The summed E-state index contributed by atoms with van der Waals surface area (Å²) >= 11 is 1.72. The van der Waals surface area contributed by atoms with E-state index in [1.54, 1.807) is 18.4 Å². The molecule has 1 unspecified atom stereocenters. The quantitative estimate of drug-likeness (QED) is 0.548. The highest BCUT2D eigenvalue weighted by molar-refractivity contribution is 7.10. The average molecular weight is 427 g/mol. The van der Waals surface area contributed by atoms with Crippen LogP contribution in [0.15, 0.2) is 46.8 Å². The van der Waals surface area contributed by atoms with E-state index in [1.165, 1.54) is 17.0 Å². The zero-order chi connectivity index (χ0) is 20.7. The Morgan fingerprint density at radius 1 is 1.17 bits per heavy atom. The SMILES string of the molecule is CN=C(NCc1ccc(C(F)(F)F)cc1)NCC(c1cccs1)N1CCOCC1. The fraction of sp³-hybridized carbons (Fsp3) is 0.450. The van der Waals surface area contributed by atoms with E-state index in [1.807, 2.05) is 6.07 Å². The Labute approximate surface area is 172 Å². The second-order valence-corrected chi connectivity index (χ2v) is 7.66. The number of ether oxygens (including phenoxy) is 1. The lowest BCUT2D eigenvalue weighted by Crippen LogP contribution is -2.46. The van der Waals surface area contributed by atoms with Crippen molar-refractivity contribution in [3.05, 3.63) is 57.8 Å². The molecule has 0 amide bonds. The molecule has 0 radical (unpaired) electrons. The number of alkyl halides is 3. The molecule has 1 fully saturated rings. The van der Waals surface area contributed by atoms with Crippen molar-refractivity contribution in [2.24, 2.45) is 4.99 Å². The van der Waals surface area contributed by atoms with Crippen LogP contribution in [0.4, 0.5) is 13.2 Å². The molecule has 0 aliphatic carbocycles. The van der Waals surface area contributed by atoms with E-state index >= 15 is 0 Å². The van der Waals surface area contributed by atoms with Gasteiger partial charge in [0.15, 0.2) is 5.96 Å². The Kier molecular flexibility index (Phi) is 7.51. The fourth-order valence-electron chi connectivity index (χ4n) is 3.19. The molecule has 0 saturated carbocycles. The Hall–Kier alpha value is -2.10. The second-order valence-electron chi connectivity index (χ2n) is 6.68. The maximum Gasteiger partial charge on any atom is 0.416 e. The molecule has 1 aromatic carbocycles. The summed E-state index contributed by atoms with van der Waals surface area (Å²) in [5.41, 5.74) is 0.108. The van der Waals surface area contributed by atoms with Gasteiger partial charge in [-0.05, 0) is 29.1 Å². The fourth-order valence-corrected chi connectivity index (χ4v) is 4.05. The molecule has 1 aromatic heterocycles. The van der Waals surface area contributed by atoms with Crippen LogP contribution in [-0.2, 0) is 17.5 Å². The van der Waals surface area contributed by atoms with Gasteiger partial charge in [-0.25, -0.2) is 0 Å². The van der Waals surface area contributed by atoms with Crippen LogP contribution in [0.5, 0.6) is 0 Å². The minimum Gasteiger partial charge on any atom is -0.379 e. The molecule has 1 atom stereocenters. The number of hydrogen-bond donors (Lipinski definition) is 2. The maximum absolute atomic E-state index is 12.7. The molecule has 2 N–H and O–H groups in total. The summed E-state index contributed by atoms with van der Waals surface area (Å²) in [6, 6.07) is 9.53. The number of guanidine groups is 1. The van der Waals surface area contributed by atoms with Gasteiger partial charge < -0.3 is 15.4 Å². The summed E-state index contributed by atoms with van der Waals surface area (Å²) in [6.07, 6.45) is -4.32. The molecular weight excluding hydrogens is 401 g/mol. The summed E-state index contributed by atoms with van der Waals surface area (Å²) in [5.74, 6) is 0.611. The number of aliphatic imine (C=N–C) groups is 1. The van der Waals surface area contributed by atoms with E-state index in [0.29, 0.717) is 19.0 Å². The largest absolute Gasteiger partial charge is 0.416 e. The predicted molar refractivity (Wildman–Crippen MR) is 109 cm³/mol. The molecule has 0 spiro atoms. The van der Waals surface area contributed by atoms with E-state index in [-0.39, 0.29) is 6.04 Å². The molecular formula is C20H25F3N4OS. The van der Waals surface area contributed by atoms with E-state index in [0.717, 1.165) is 44.0 Å². The van der Waals surface area contributed by atoms with Crippen LogP contribution in [0.3, 0.4) is 0 Å². The first kappa shape index (κ1) is 21.6. The van der Waals surface area contributed by atoms with Gasteiger partial charge >= 0.3 is 6.18 Å². The zero-order valence-corrected chi connectivity index (χ0v) is 17.0. The van der Waals surface area contributed by atoms with Crippen molar-refractivity contribution in [3.8, 4) is 0 Å². The maximum atomic E-state index is 12.7. The normalized spacial score (nSPS) is 17.2. The van der Waals surface area contributed by atoms with E-state index < -0.39 is 11.7 Å². The van der Waals surface area contributed by atoms with Crippen molar-refractivity contribution < 1.29 is 17.9 Å². The number of nitrogens with zero attached hydrogens (tertiary/aromatic N) is 2. The molecule has 1 saturated heterocycles. The van der Waals surface area contributed by atoms with Gasteiger partial charge in [0.1, 0.15) is 0 Å². The first-order valence-corrected chi connectivity index (χ1v) is 10.3. The van der Waals surface area contributed by atoms with Gasteiger partial charge in [-0.3, -0.25) is 9.89 Å². The van der Waals surface area contributed by atoms with Crippen LogP contribution in [0.1, 0.15) is 22.0 Å². The number of nitrogens with one attached hydrogen (secondary N) is 2. The topological polar surface area (TPSA) is 48.9 Å². The molecule has 158 valence electrons. The monoisotopic (exact) mass is 426 g/mol. The van der Waals surface area contributed by atoms with E-state index in [9.17, 15) is 13.2 Å². The van der Waals surface area contributed by atoms with Crippen LogP contribution >= 0.6 is 11.3 Å². The Balaban J connectivity index is 1.56. The van der Waals surface area contributed by atoms with Crippen LogP contribution in [0.25, 0.3) is 0 Å². The predicted octanol–water partition coefficient (Wildman–Crippen LogP) is 3.51. The third-order valence-electron chi connectivity index (χ3n) is 4.79. The van der Waals surface area contributed by atoms with Crippen LogP contribution in [-0.4, -0.2) is 50.8 Å². The molecule has 1 aliphatic heterocycles. The van der Waals surface area contributed by atoms with Crippen molar-refractivity contribution in [2.75, 3.05) is 39.9 Å². The highest BCUT2D eigenvalue weighted by Gasteiger charge is 2.30. The Morgan fingerprint density at radius 2 is 1.90 bits per heavy atom. The first-order valence-electron chi connectivity index (χ1n) is 9.43. The number of hydrogen-bond acceptors (Lipinski definition) is 4. The lowest BCUT2D eigenvalue weighted by Gasteiger charge is -2.34. The summed E-state index contributed by atoms with van der Waals surface area (Å²) < 4.78 is 43.5. The van der Waals surface area contributed by atoms with Crippen LogP contribution in [0, 0.1) is 0 Å². The smallest absolute Gasteiger partial charge is 0.379 e. The Morgan fingerprint density at radius 3 is 2.48 bits per heavy atom. The zero-order valence-electron chi connectivity index (χ0n) is 16.2. The minimum absolute atomic E-state index is 0.212. The Bertz CT molecular complexity index is 772. The third-order valence-corrected chi connectivity index (χ3v) is 5.76. The lowest BCUT2D eigenvalue weighted by atomic mass is 10.1. The van der Waals surface area contributed by atoms with Crippen LogP contribution < -0.4 is 10.6 Å². The standard InChI is InChI=1S/C20H25F3N4OS/c1-24-19(25-13-15-4-6-16(7-5-15)20(21,22)23)26-14-17(18-3-2-12-29-18)27-8-10-28-11-9-27/h2-7,12,17H,8-11,13-14H2,1H3,(H2,24,25,26). The van der Waals surface area contributed by atoms with Gasteiger partial charge in [0, 0.05) is 38.1 Å². The highest BCUT2D eigenvalue weighted by atomic mass is 32.1. The minimum atomic E-state index is -4.32. The van der Waals surface area contributed by atoms with Crippen molar-refractivity contribution >= 4 is 17.3 Å². The van der Waals surface area contributed by atoms with Crippen molar-refractivity contribution in [3.63, 3.8) is 0 Å². The molecule has 29 heavy (non-hydrogen) atoms. The van der Waals surface area contributed by atoms with E-state index in [2.05, 4.69) is 32.0 Å². The van der Waals surface area contributed by atoms with Gasteiger partial charge in [0.25, 0.3) is 0 Å². The molecule has 2 aromatic rings. The molecule has 5 nitrogen and oxygen atoms in total. The number of benzene rings is 1. The van der Waals surface area contributed by atoms with E-state index in [4.69, 9.17) is 4.74 Å². The van der Waals surface area contributed by atoms with Crippen molar-refractivity contribution in [1.29, 1.82) is 0 Å². The average Bonchev–Trinajstić information content (AvgIpc) is 3.25. The first-order chi connectivity index (χ1) is 14.0. The molecule has 9 heteroatoms. The molecule has 0 bridgehead atoms. The summed E-state index contributed by atoms with van der Waals surface area (Å²) in [7, 11) is 1.68. The number of rotatable bonds is 6. The highest BCUT2D eigenvalue weighted by Crippen LogP contribution is 2.29. The van der Waals surface area contributed by atoms with Crippen molar-refractivity contribution in [1.82, 2.24) is 15.5 Å². The van der Waals surface area contributed by atoms with Gasteiger partial charge in [-0.2, -0.15) is 13.2 Å². The number of halogens is 3. The van der Waals surface area contributed by atoms with Crippen LogP contribution in [0.2, 0.25) is 0 Å². The lowest BCUT2D eigenvalue weighted by molar-refractivity contribution is -0.137. The third kappa shape index (κ3) is 6.19. The van der Waals surface area contributed by atoms with Gasteiger partial charge in [0.05, 0.1) is 24.8 Å². The molecule has 2 heterocycles. The van der Waals surface area contributed by atoms with Gasteiger partial charge in [0.2, 0.25) is 0 Å². The van der Waals surface area contributed by atoms with Gasteiger partial charge in [-0.15, -0.1) is 11.3 Å². The summed E-state index contributed by atoms with van der Waals surface area (Å²) in [6.45, 7) is 4.27. The summed E-state index contributed by atoms with van der Waals surface area (Å²) in [4.78, 5) is 7.90. The molecule has 3 rings (SSSR count). The van der Waals surface area contributed by atoms with Crippen molar-refractivity contribution in [2.45, 2.75) is 18.8 Å². The summed E-state index contributed by atoms with van der Waals surface area (Å²) in [5, 5.41) is 8.58. The van der Waals surface area contributed by atoms with Gasteiger partial charge in [-0.1, -0.05) is 18.2 Å². The number of morpholine rings is 1. The second kappa shape index (κ2) is 10.1. The number of thiophene rings is 1.